The summed E-state index contributed by atoms with van der Waals surface area (Å²) in [4.78, 5) is 12.1. The summed E-state index contributed by atoms with van der Waals surface area (Å²) in [7, 11) is 1.63. The minimum Gasteiger partial charge on any atom is -0.497 e. The van der Waals surface area contributed by atoms with Crippen LogP contribution in [-0.4, -0.2) is 29.0 Å². The van der Waals surface area contributed by atoms with Gasteiger partial charge in [0.2, 0.25) is 11.8 Å². The first kappa shape index (κ1) is 19.3. The number of ether oxygens (including phenoxy) is 1. The number of anilines is 1. The van der Waals surface area contributed by atoms with E-state index in [1.165, 1.54) is 11.8 Å². The predicted molar refractivity (Wildman–Crippen MR) is 106 cm³/mol. The Morgan fingerprint density at radius 3 is 2.70 bits per heavy atom. The molecule has 3 rings (SSSR count). The van der Waals surface area contributed by atoms with Crippen molar-refractivity contribution in [2.75, 3.05) is 18.2 Å². The number of halogens is 1. The third-order valence-corrected chi connectivity index (χ3v) is 4.81. The molecule has 2 aromatic carbocycles. The molecule has 0 spiro atoms. The lowest BCUT2D eigenvalue weighted by atomic mass is 10.1. The molecule has 0 saturated carbocycles. The molecule has 0 radical (unpaired) electrons. The summed E-state index contributed by atoms with van der Waals surface area (Å²) >= 11 is 7.12. The van der Waals surface area contributed by atoms with Crippen LogP contribution in [0, 0.1) is 6.92 Å². The molecule has 3 aromatic rings. The Morgan fingerprint density at radius 1 is 1.22 bits per heavy atom. The molecule has 0 unspecified atom stereocenters. The Labute approximate surface area is 166 Å². The van der Waals surface area contributed by atoms with Gasteiger partial charge in [-0.2, -0.15) is 0 Å². The third kappa shape index (κ3) is 5.48. The van der Waals surface area contributed by atoms with Crippen molar-refractivity contribution in [2.45, 2.75) is 18.6 Å². The second-order valence-corrected chi connectivity index (χ2v) is 7.15. The Morgan fingerprint density at radius 2 is 2.00 bits per heavy atom. The zero-order chi connectivity index (χ0) is 19.2. The Hall–Kier alpha value is -2.51. The van der Waals surface area contributed by atoms with E-state index in [4.69, 9.17) is 20.8 Å². The van der Waals surface area contributed by atoms with Crippen molar-refractivity contribution in [1.29, 1.82) is 0 Å². The molecule has 0 aliphatic heterocycles. The van der Waals surface area contributed by atoms with E-state index in [2.05, 4.69) is 15.5 Å². The summed E-state index contributed by atoms with van der Waals surface area (Å²) in [6.45, 7) is 1.89. The van der Waals surface area contributed by atoms with Gasteiger partial charge in [-0.15, -0.1) is 10.2 Å². The van der Waals surface area contributed by atoms with Crippen molar-refractivity contribution < 1.29 is 13.9 Å². The van der Waals surface area contributed by atoms with Crippen molar-refractivity contribution in [2.24, 2.45) is 0 Å². The maximum Gasteiger partial charge on any atom is 0.277 e. The van der Waals surface area contributed by atoms with Gasteiger partial charge in [0.1, 0.15) is 5.75 Å². The van der Waals surface area contributed by atoms with Gasteiger partial charge in [-0.3, -0.25) is 4.79 Å². The van der Waals surface area contributed by atoms with E-state index in [1.54, 1.807) is 25.3 Å². The average molecular weight is 404 g/mol. The normalized spacial score (nSPS) is 10.6. The number of methoxy groups -OCH3 is 1. The highest BCUT2D eigenvalue weighted by molar-refractivity contribution is 7.99. The number of nitrogens with zero attached hydrogens (tertiary/aromatic N) is 2. The summed E-state index contributed by atoms with van der Waals surface area (Å²) in [6, 6.07) is 13.0. The SMILES string of the molecule is COc1ccc(Cc2nnc(SCC(=O)Nc3ccc(Cl)cc3C)o2)cc1. The van der Waals surface area contributed by atoms with E-state index in [0.29, 0.717) is 22.6 Å². The molecule has 0 atom stereocenters. The van der Waals surface area contributed by atoms with E-state index in [9.17, 15) is 4.79 Å². The lowest BCUT2D eigenvalue weighted by Crippen LogP contribution is -2.14. The summed E-state index contributed by atoms with van der Waals surface area (Å²) in [6.07, 6.45) is 0.522. The van der Waals surface area contributed by atoms with Crippen molar-refractivity contribution in [1.82, 2.24) is 10.2 Å². The minimum absolute atomic E-state index is 0.152. The lowest BCUT2D eigenvalue weighted by molar-refractivity contribution is -0.113. The number of hydrogen-bond donors (Lipinski definition) is 1. The van der Waals surface area contributed by atoms with Crippen molar-refractivity contribution in [3.63, 3.8) is 0 Å². The molecule has 1 N–H and O–H groups in total. The molecule has 6 nitrogen and oxygen atoms in total. The zero-order valence-corrected chi connectivity index (χ0v) is 16.4. The maximum absolute atomic E-state index is 12.1. The summed E-state index contributed by atoms with van der Waals surface area (Å²) in [5.74, 6) is 1.31. The third-order valence-electron chi connectivity index (χ3n) is 3.75. The van der Waals surface area contributed by atoms with E-state index in [1.807, 2.05) is 31.2 Å². The van der Waals surface area contributed by atoms with Gasteiger partial charge in [0.05, 0.1) is 19.3 Å². The van der Waals surface area contributed by atoms with Crippen LogP contribution >= 0.6 is 23.4 Å². The molecule has 140 valence electrons. The molecule has 0 bridgehead atoms. The van der Waals surface area contributed by atoms with Gasteiger partial charge in [0.15, 0.2) is 0 Å². The van der Waals surface area contributed by atoms with Crippen LogP contribution in [0.4, 0.5) is 5.69 Å². The number of amides is 1. The topological polar surface area (TPSA) is 77.2 Å². The molecule has 8 heteroatoms. The van der Waals surface area contributed by atoms with Crippen LogP contribution in [0.3, 0.4) is 0 Å². The number of carbonyl (C=O) groups is 1. The number of hydrogen-bond acceptors (Lipinski definition) is 6. The molecular formula is C19H18ClN3O3S. The number of nitrogens with one attached hydrogen (secondary N) is 1. The molecule has 0 aliphatic rings. The van der Waals surface area contributed by atoms with Gasteiger partial charge < -0.3 is 14.5 Å². The Balaban J connectivity index is 1.52. The van der Waals surface area contributed by atoms with E-state index in [-0.39, 0.29) is 11.7 Å². The monoisotopic (exact) mass is 403 g/mol. The highest BCUT2D eigenvalue weighted by Gasteiger charge is 2.11. The van der Waals surface area contributed by atoms with Crippen LogP contribution in [0.5, 0.6) is 5.75 Å². The van der Waals surface area contributed by atoms with Crippen LogP contribution in [-0.2, 0) is 11.2 Å². The van der Waals surface area contributed by atoms with Crippen molar-refractivity contribution in [3.8, 4) is 5.75 Å². The fourth-order valence-corrected chi connectivity index (χ4v) is 3.17. The zero-order valence-electron chi connectivity index (χ0n) is 14.9. The van der Waals surface area contributed by atoms with Crippen molar-refractivity contribution >= 4 is 35.0 Å². The van der Waals surface area contributed by atoms with Crippen LogP contribution in [0.25, 0.3) is 0 Å². The molecule has 0 saturated heterocycles. The van der Waals surface area contributed by atoms with Gasteiger partial charge >= 0.3 is 0 Å². The number of benzene rings is 2. The quantitative estimate of drug-likeness (QED) is 0.590. The summed E-state index contributed by atoms with van der Waals surface area (Å²) in [5.41, 5.74) is 2.67. The van der Waals surface area contributed by atoms with E-state index in [0.717, 1.165) is 22.6 Å². The smallest absolute Gasteiger partial charge is 0.277 e. The first-order chi connectivity index (χ1) is 13.0. The Bertz CT molecular complexity index is 928. The van der Waals surface area contributed by atoms with Gasteiger partial charge in [-0.05, 0) is 48.4 Å². The molecule has 1 heterocycles. The molecular weight excluding hydrogens is 386 g/mol. The number of aromatic nitrogens is 2. The van der Waals surface area contributed by atoms with Crippen LogP contribution in [0.15, 0.2) is 52.1 Å². The van der Waals surface area contributed by atoms with Crippen LogP contribution in [0.1, 0.15) is 17.0 Å². The van der Waals surface area contributed by atoms with Gasteiger partial charge in [-0.25, -0.2) is 0 Å². The second-order valence-electron chi connectivity index (χ2n) is 5.78. The van der Waals surface area contributed by atoms with E-state index < -0.39 is 0 Å². The van der Waals surface area contributed by atoms with E-state index >= 15 is 0 Å². The van der Waals surface area contributed by atoms with Gasteiger partial charge in [0, 0.05) is 10.7 Å². The molecule has 27 heavy (non-hydrogen) atoms. The maximum atomic E-state index is 12.1. The number of aryl methyl sites for hydroxylation is 1. The lowest BCUT2D eigenvalue weighted by Gasteiger charge is -2.07. The Kier molecular flexibility index (Phi) is 6.36. The summed E-state index contributed by atoms with van der Waals surface area (Å²) < 4.78 is 10.7. The largest absolute Gasteiger partial charge is 0.497 e. The average Bonchev–Trinajstić information content (AvgIpc) is 3.10. The molecule has 1 aromatic heterocycles. The first-order valence-electron chi connectivity index (χ1n) is 8.17. The molecule has 0 fully saturated rings. The standard InChI is InChI=1S/C19H18ClN3O3S/c1-12-9-14(20)5-8-16(12)21-17(24)11-27-19-23-22-18(26-19)10-13-3-6-15(25-2)7-4-13/h3-9H,10-11H2,1-2H3,(H,21,24). The van der Waals surface area contributed by atoms with Gasteiger partial charge in [0.25, 0.3) is 5.22 Å². The predicted octanol–water partition coefficient (Wildman–Crippen LogP) is 4.36. The fourth-order valence-electron chi connectivity index (χ4n) is 2.37. The van der Waals surface area contributed by atoms with Crippen LogP contribution < -0.4 is 10.1 Å². The number of rotatable bonds is 7. The highest BCUT2D eigenvalue weighted by atomic mass is 35.5. The van der Waals surface area contributed by atoms with Crippen LogP contribution in [0.2, 0.25) is 5.02 Å². The number of carbonyl (C=O) groups excluding carboxylic acids is 1. The minimum atomic E-state index is -0.152. The van der Waals surface area contributed by atoms with Crippen molar-refractivity contribution in [3.05, 3.63) is 64.5 Å². The van der Waals surface area contributed by atoms with Gasteiger partial charge in [-0.1, -0.05) is 35.5 Å². The first-order valence-corrected chi connectivity index (χ1v) is 9.54. The highest BCUT2D eigenvalue weighted by Crippen LogP contribution is 2.22. The molecule has 1 amide bonds. The second kappa shape index (κ2) is 8.92. The summed E-state index contributed by atoms with van der Waals surface area (Å²) in [5, 5.41) is 11.8. The molecule has 0 aliphatic carbocycles. The number of thioether (sulfide) groups is 1. The fraction of sp³-hybridized carbons (Fsp3) is 0.211.